The van der Waals surface area contributed by atoms with Gasteiger partial charge in [-0.25, -0.2) is 4.98 Å². The summed E-state index contributed by atoms with van der Waals surface area (Å²) in [5, 5.41) is 0.968. The van der Waals surface area contributed by atoms with Crippen molar-refractivity contribution in [3.05, 3.63) is 47.3 Å². The second-order valence-corrected chi connectivity index (χ2v) is 11.3. The molecule has 2 atom stereocenters. The van der Waals surface area contributed by atoms with Gasteiger partial charge in [-0.3, -0.25) is 9.36 Å². The van der Waals surface area contributed by atoms with Crippen molar-refractivity contribution in [2.24, 2.45) is 10.8 Å². The van der Waals surface area contributed by atoms with Gasteiger partial charge in [0.2, 0.25) is 0 Å². The molecule has 0 radical (unpaired) electrons. The normalized spacial score (nSPS) is 25.7. The minimum Gasteiger partial charge on any atom is -0.335 e. The number of likely N-dealkylation sites (tertiary alicyclic amines) is 1. The number of carbonyl (C=O) groups excluding carboxylic acids is 1. The molecular weight excluding hydrogens is 378 g/mol. The van der Waals surface area contributed by atoms with E-state index in [0.29, 0.717) is 11.5 Å². The molecule has 2 fully saturated rings. The predicted octanol–water partition coefficient (Wildman–Crippen LogP) is 5.74. The van der Waals surface area contributed by atoms with Crippen LogP contribution in [-0.2, 0) is 0 Å². The summed E-state index contributed by atoms with van der Waals surface area (Å²) in [7, 11) is 0. The first-order chi connectivity index (χ1) is 13.6. The van der Waals surface area contributed by atoms with Gasteiger partial charge in [-0.1, -0.05) is 32.1 Å². The SMILES string of the molecule is Cc1ccc(C)n1-c1nc2ccc(C(=O)N3C[C@@]4(C)C[C@H]3CC(C)(C)C4)cc2s1. The van der Waals surface area contributed by atoms with Crippen LogP contribution in [0.15, 0.2) is 30.3 Å². The van der Waals surface area contributed by atoms with Gasteiger partial charge in [0.15, 0.2) is 5.13 Å². The van der Waals surface area contributed by atoms with E-state index >= 15 is 0 Å². The molecular formula is C24H29N3OS. The third kappa shape index (κ3) is 3.10. The van der Waals surface area contributed by atoms with E-state index in [1.54, 1.807) is 11.3 Å². The lowest BCUT2D eigenvalue weighted by Gasteiger charge is -2.39. The van der Waals surface area contributed by atoms with E-state index in [1.807, 2.05) is 18.2 Å². The number of carbonyl (C=O) groups is 1. The molecule has 0 unspecified atom stereocenters. The van der Waals surface area contributed by atoms with Crippen molar-refractivity contribution in [2.75, 3.05) is 6.54 Å². The summed E-state index contributed by atoms with van der Waals surface area (Å²) in [5.74, 6) is 0.182. The van der Waals surface area contributed by atoms with Crippen molar-refractivity contribution < 1.29 is 4.79 Å². The maximum atomic E-state index is 13.4. The Bertz CT molecular complexity index is 1110. The number of fused-ring (bicyclic) bond motifs is 3. The Morgan fingerprint density at radius 3 is 2.55 bits per heavy atom. The summed E-state index contributed by atoms with van der Waals surface area (Å²) in [4.78, 5) is 20.4. The number of nitrogens with zero attached hydrogens (tertiary/aromatic N) is 3. The number of aryl methyl sites for hydroxylation is 2. The summed E-state index contributed by atoms with van der Waals surface area (Å²) in [6.45, 7) is 12.1. The van der Waals surface area contributed by atoms with E-state index in [1.165, 1.54) is 17.8 Å². The average molecular weight is 408 g/mol. The van der Waals surface area contributed by atoms with Gasteiger partial charge < -0.3 is 4.90 Å². The first-order valence-electron chi connectivity index (χ1n) is 10.5. The lowest BCUT2D eigenvalue weighted by Crippen LogP contribution is -2.37. The molecule has 1 saturated heterocycles. The maximum absolute atomic E-state index is 13.4. The van der Waals surface area contributed by atoms with Gasteiger partial charge in [0.05, 0.1) is 10.2 Å². The molecule has 3 aromatic rings. The molecule has 5 heteroatoms. The second kappa shape index (κ2) is 6.18. The van der Waals surface area contributed by atoms with E-state index in [9.17, 15) is 4.79 Å². The van der Waals surface area contributed by atoms with Crippen LogP contribution in [0.4, 0.5) is 0 Å². The van der Waals surface area contributed by atoms with Gasteiger partial charge in [0, 0.05) is 29.5 Å². The molecule has 2 aromatic heterocycles. The van der Waals surface area contributed by atoms with Crippen molar-refractivity contribution in [2.45, 2.75) is 59.9 Å². The zero-order valence-corrected chi connectivity index (χ0v) is 18.8. The van der Waals surface area contributed by atoms with Gasteiger partial charge >= 0.3 is 0 Å². The quantitative estimate of drug-likeness (QED) is 0.543. The van der Waals surface area contributed by atoms with Crippen LogP contribution >= 0.6 is 11.3 Å². The second-order valence-electron chi connectivity index (χ2n) is 10.3. The Morgan fingerprint density at radius 1 is 1.10 bits per heavy atom. The molecule has 29 heavy (non-hydrogen) atoms. The van der Waals surface area contributed by atoms with Crippen LogP contribution in [-0.4, -0.2) is 32.9 Å². The Kier molecular flexibility index (Phi) is 4.02. The average Bonchev–Trinajstić information content (AvgIpc) is 3.26. The zero-order valence-electron chi connectivity index (χ0n) is 18.0. The minimum atomic E-state index is 0.182. The van der Waals surface area contributed by atoms with E-state index in [-0.39, 0.29) is 11.3 Å². The standard InChI is InChI=1S/C24H29N3OS/c1-15-6-7-16(2)27(15)22-25-19-9-8-17(10-20(19)29-22)21(28)26-14-24(5)12-18(26)11-23(3,4)13-24/h6-10,18H,11-14H2,1-5H3/t18-,24+/m1/s1. The largest absolute Gasteiger partial charge is 0.335 e. The van der Waals surface area contributed by atoms with E-state index in [4.69, 9.17) is 4.98 Å². The molecule has 5 rings (SSSR count). The van der Waals surface area contributed by atoms with E-state index in [0.717, 1.165) is 40.3 Å². The topological polar surface area (TPSA) is 38.1 Å². The highest BCUT2D eigenvalue weighted by molar-refractivity contribution is 7.20. The van der Waals surface area contributed by atoms with Crippen molar-refractivity contribution in [3.63, 3.8) is 0 Å². The summed E-state index contributed by atoms with van der Waals surface area (Å²) in [5.41, 5.74) is 4.68. The highest BCUT2D eigenvalue weighted by atomic mass is 32.1. The molecule has 1 aliphatic carbocycles. The summed E-state index contributed by atoms with van der Waals surface area (Å²) in [6.07, 6.45) is 3.45. The van der Waals surface area contributed by atoms with Gasteiger partial charge in [-0.2, -0.15) is 0 Å². The fourth-order valence-corrected chi connectivity index (χ4v) is 7.10. The molecule has 4 nitrogen and oxygen atoms in total. The highest BCUT2D eigenvalue weighted by Gasteiger charge is 2.51. The fourth-order valence-electron chi connectivity index (χ4n) is 5.97. The molecule has 2 bridgehead atoms. The number of rotatable bonds is 2. The zero-order chi connectivity index (χ0) is 20.6. The summed E-state index contributed by atoms with van der Waals surface area (Å²) in [6, 6.07) is 10.6. The van der Waals surface area contributed by atoms with Crippen molar-refractivity contribution in [1.82, 2.24) is 14.5 Å². The van der Waals surface area contributed by atoms with Crippen LogP contribution in [0.25, 0.3) is 15.3 Å². The molecule has 2 aliphatic rings. The lowest BCUT2D eigenvalue weighted by molar-refractivity contribution is 0.0708. The van der Waals surface area contributed by atoms with Crippen LogP contribution < -0.4 is 0 Å². The Morgan fingerprint density at radius 2 is 1.83 bits per heavy atom. The molecule has 3 heterocycles. The van der Waals surface area contributed by atoms with Gasteiger partial charge in [-0.05, 0) is 74.3 Å². The number of hydrogen-bond acceptors (Lipinski definition) is 3. The number of hydrogen-bond donors (Lipinski definition) is 0. The van der Waals surface area contributed by atoms with Crippen LogP contribution in [0.2, 0.25) is 0 Å². The third-order valence-electron chi connectivity index (χ3n) is 6.76. The third-order valence-corrected chi connectivity index (χ3v) is 7.77. The van der Waals surface area contributed by atoms with Crippen molar-refractivity contribution >= 4 is 27.5 Å². The van der Waals surface area contributed by atoms with Gasteiger partial charge in [-0.15, -0.1) is 0 Å². The first kappa shape index (κ1) is 18.9. The Labute approximate surface area is 176 Å². The number of thiazole rings is 1. The molecule has 0 N–H and O–H groups in total. The summed E-state index contributed by atoms with van der Waals surface area (Å²) < 4.78 is 3.26. The lowest BCUT2D eigenvalue weighted by atomic mass is 9.65. The van der Waals surface area contributed by atoms with Crippen LogP contribution in [0.1, 0.15) is 61.8 Å². The fraction of sp³-hybridized carbons (Fsp3) is 0.500. The van der Waals surface area contributed by atoms with Crippen LogP contribution in [0.5, 0.6) is 0 Å². The monoisotopic (exact) mass is 407 g/mol. The molecule has 1 saturated carbocycles. The van der Waals surface area contributed by atoms with Crippen LogP contribution in [0.3, 0.4) is 0 Å². The molecule has 152 valence electrons. The summed E-state index contributed by atoms with van der Waals surface area (Å²) >= 11 is 1.66. The molecule has 1 aliphatic heterocycles. The first-order valence-corrected chi connectivity index (χ1v) is 11.3. The predicted molar refractivity (Wildman–Crippen MR) is 119 cm³/mol. The van der Waals surface area contributed by atoms with Crippen molar-refractivity contribution in [1.29, 1.82) is 0 Å². The van der Waals surface area contributed by atoms with Crippen molar-refractivity contribution in [3.8, 4) is 5.13 Å². The smallest absolute Gasteiger partial charge is 0.254 e. The van der Waals surface area contributed by atoms with E-state index < -0.39 is 0 Å². The Hall–Kier alpha value is -2.14. The van der Waals surface area contributed by atoms with Gasteiger partial charge in [0.1, 0.15) is 0 Å². The van der Waals surface area contributed by atoms with Gasteiger partial charge in [0.25, 0.3) is 5.91 Å². The van der Waals surface area contributed by atoms with E-state index in [2.05, 4.69) is 56.2 Å². The number of benzene rings is 1. The molecule has 0 spiro atoms. The molecule has 1 amide bonds. The highest BCUT2D eigenvalue weighted by Crippen LogP contribution is 2.52. The maximum Gasteiger partial charge on any atom is 0.254 e. The van der Waals surface area contributed by atoms with Crippen LogP contribution in [0, 0.1) is 24.7 Å². The number of amides is 1. The number of aromatic nitrogens is 2. The Balaban J connectivity index is 1.47. The molecule has 1 aromatic carbocycles. The minimum absolute atomic E-state index is 0.182.